The van der Waals surface area contributed by atoms with Gasteiger partial charge >= 0.3 is 0 Å². The molecular formula is C15H21NO3. The number of nitrogens with zero attached hydrogens (tertiary/aromatic N) is 1. The molecule has 1 aromatic rings. The van der Waals surface area contributed by atoms with Crippen LogP contribution in [0.15, 0.2) is 24.3 Å². The van der Waals surface area contributed by atoms with Crippen LogP contribution in [0.2, 0.25) is 0 Å². The van der Waals surface area contributed by atoms with Gasteiger partial charge in [-0.2, -0.15) is 0 Å². The molecule has 1 aromatic carbocycles. The van der Waals surface area contributed by atoms with Crippen LogP contribution in [0.25, 0.3) is 0 Å². The standard InChI is InChI=1S/C15H21NO3/c1-12(2)18-11-13-5-7-14(8-6-13)15(17)16-9-3-4-10-19-16/h5-8,12H,3-4,9-11H2,1-2H3. The van der Waals surface area contributed by atoms with Gasteiger partial charge in [0.1, 0.15) is 0 Å². The first-order valence-corrected chi connectivity index (χ1v) is 6.82. The average molecular weight is 263 g/mol. The number of ether oxygens (including phenoxy) is 1. The molecule has 2 rings (SSSR count). The summed E-state index contributed by atoms with van der Waals surface area (Å²) >= 11 is 0. The van der Waals surface area contributed by atoms with E-state index in [2.05, 4.69) is 0 Å². The van der Waals surface area contributed by atoms with E-state index in [9.17, 15) is 4.79 Å². The molecule has 0 unspecified atom stereocenters. The molecule has 1 saturated heterocycles. The van der Waals surface area contributed by atoms with Gasteiger partial charge in [-0.25, -0.2) is 5.06 Å². The highest BCUT2D eigenvalue weighted by molar-refractivity contribution is 5.93. The van der Waals surface area contributed by atoms with Crippen LogP contribution in [0.1, 0.15) is 42.6 Å². The number of hydrogen-bond donors (Lipinski definition) is 0. The van der Waals surface area contributed by atoms with Gasteiger partial charge in [-0.3, -0.25) is 9.63 Å². The number of benzene rings is 1. The predicted molar refractivity (Wildman–Crippen MR) is 72.6 cm³/mol. The van der Waals surface area contributed by atoms with Crippen molar-refractivity contribution in [1.82, 2.24) is 5.06 Å². The second-order valence-electron chi connectivity index (χ2n) is 5.00. The Hall–Kier alpha value is -1.39. The van der Waals surface area contributed by atoms with Crippen molar-refractivity contribution in [3.63, 3.8) is 0 Å². The zero-order valence-electron chi connectivity index (χ0n) is 11.6. The summed E-state index contributed by atoms with van der Waals surface area (Å²) in [5, 5.41) is 1.46. The van der Waals surface area contributed by atoms with Crippen molar-refractivity contribution in [2.75, 3.05) is 13.2 Å². The molecule has 0 N–H and O–H groups in total. The van der Waals surface area contributed by atoms with E-state index in [0.29, 0.717) is 25.3 Å². The molecule has 0 aliphatic carbocycles. The topological polar surface area (TPSA) is 38.8 Å². The number of hydrogen-bond acceptors (Lipinski definition) is 3. The molecule has 1 heterocycles. The first-order valence-electron chi connectivity index (χ1n) is 6.82. The molecule has 0 atom stereocenters. The third kappa shape index (κ3) is 4.04. The summed E-state index contributed by atoms with van der Waals surface area (Å²) in [7, 11) is 0. The van der Waals surface area contributed by atoms with Crippen molar-refractivity contribution in [3.05, 3.63) is 35.4 Å². The number of carbonyl (C=O) groups is 1. The van der Waals surface area contributed by atoms with Crippen molar-refractivity contribution in [2.45, 2.75) is 39.4 Å². The highest BCUT2D eigenvalue weighted by Gasteiger charge is 2.19. The minimum absolute atomic E-state index is 0.0592. The fourth-order valence-electron chi connectivity index (χ4n) is 1.91. The van der Waals surface area contributed by atoms with Gasteiger partial charge in [-0.1, -0.05) is 12.1 Å². The molecule has 1 amide bonds. The highest BCUT2D eigenvalue weighted by atomic mass is 16.7. The van der Waals surface area contributed by atoms with Gasteiger partial charge < -0.3 is 4.74 Å². The quantitative estimate of drug-likeness (QED) is 0.838. The summed E-state index contributed by atoms with van der Waals surface area (Å²) in [5.74, 6) is -0.0592. The van der Waals surface area contributed by atoms with Crippen LogP contribution in [-0.2, 0) is 16.2 Å². The minimum Gasteiger partial charge on any atom is -0.374 e. The normalized spacial score (nSPS) is 15.8. The SMILES string of the molecule is CC(C)OCc1ccc(C(=O)N2CCCCO2)cc1. The average Bonchev–Trinajstić information content (AvgIpc) is 2.46. The van der Waals surface area contributed by atoms with E-state index in [1.54, 1.807) is 0 Å². The maximum Gasteiger partial charge on any atom is 0.277 e. The van der Waals surface area contributed by atoms with Gasteiger partial charge in [0, 0.05) is 12.1 Å². The molecule has 0 spiro atoms. The summed E-state index contributed by atoms with van der Waals surface area (Å²) in [6, 6.07) is 7.53. The third-order valence-electron chi connectivity index (χ3n) is 3.01. The molecule has 4 heteroatoms. The third-order valence-corrected chi connectivity index (χ3v) is 3.01. The fraction of sp³-hybridized carbons (Fsp3) is 0.533. The molecule has 0 aromatic heterocycles. The van der Waals surface area contributed by atoms with Crippen molar-refractivity contribution in [2.24, 2.45) is 0 Å². The van der Waals surface area contributed by atoms with Crippen LogP contribution in [0.4, 0.5) is 0 Å². The monoisotopic (exact) mass is 263 g/mol. The van der Waals surface area contributed by atoms with Crippen molar-refractivity contribution in [3.8, 4) is 0 Å². The zero-order chi connectivity index (χ0) is 13.7. The summed E-state index contributed by atoms with van der Waals surface area (Å²) in [4.78, 5) is 17.5. The van der Waals surface area contributed by atoms with Crippen LogP contribution in [0.5, 0.6) is 0 Å². The predicted octanol–water partition coefficient (Wildman–Crippen LogP) is 2.78. The van der Waals surface area contributed by atoms with Crippen LogP contribution in [0.3, 0.4) is 0 Å². The fourth-order valence-corrected chi connectivity index (χ4v) is 1.91. The Morgan fingerprint density at radius 1 is 1.32 bits per heavy atom. The number of amides is 1. The molecule has 0 saturated carbocycles. The maximum atomic E-state index is 12.1. The Kier molecular flexibility index (Phi) is 4.93. The number of hydroxylamine groups is 2. The Morgan fingerprint density at radius 2 is 2.05 bits per heavy atom. The van der Waals surface area contributed by atoms with Crippen molar-refractivity contribution >= 4 is 5.91 Å². The lowest BCUT2D eigenvalue weighted by Crippen LogP contribution is -2.35. The van der Waals surface area contributed by atoms with E-state index in [4.69, 9.17) is 9.57 Å². The molecule has 4 nitrogen and oxygen atoms in total. The Balaban J connectivity index is 1.95. The molecule has 1 aliphatic rings. The van der Waals surface area contributed by atoms with Crippen molar-refractivity contribution < 1.29 is 14.4 Å². The lowest BCUT2D eigenvalue weighted by Gasteiger charge is -2.25. The minimum atomic E-state index is -0.0592. The molecular weight excluding hydrogens is 242 g/mol. The second kappa shape index (κ2) is 6.68. The van der Waals surface area contributed by atoms with Gasteiger partial charge in [-0.05, 0) is 44.4 Å². The van der Waals surface area contributed by atoms with E-state index < -0.39 is 0 Å². The van der Waals surface area contributed by atoms with Crippen molar-refractivity contribution in [1.29, 1.82) is 0 Å². The Bertz CT molecular complexity index is 408. The summed E-state index contributed by atoms with van der Waals surface area (Å²) < 4.78 is 5.52. The summed E-state index contributed by atoms with van der Waals surface area (Å²) in [6.45, 7) is 5.90. The van der Waals surface area contributed by atoms with Crippen LogP contribution in [-0.4, -0.2) is 30.2 Å². The summed E-state index contributed by atoms with van der Waals surface area (Å²) in [6.07, 6.45) is 2.24. The highest BCUT2D eigenvalue weighted by Crippen LogP contribution is 2.13. The molecule has 19 heavy (non-hydrogen) atoms. The molecule has 0 radical (unpaired) electrons. The van der Waals surface area contributed by atoms with Gasteiger partial charge in [0.05, 0.1) is 19.3 Å². The molecule has 104 valence electrons. The van der Waals surface area contributed by atoms with E-state index in [1.807, 2.05) is 38.1 Å². The molecule has 1 aliphatic heterocycles. The van der Waals surface area contributed by atoms with E-state index >= 15 is 0 Å². The first kappa shape index (κ1) is 14.0. The van der Waals surface area contributed by atoms with E-state index in [0.717, 1.165) is 18.4 Å². The lowest BCUT2D eigenvalue weighted by atomic mass is 10.1. The number of rotatable bonds is 4. The van der Waals surface area contributed by atoms with Crippen LogP contribution < -0.4 is 0 Å². The Labute approximate surface area is 114 Å². The molecule has 1 fully saturated rings. The van der Waals surface area contributed by atoms with Gasteiger partial charge in [0.2, 0.25) is 0 Å². The molecule has 0 bridgehead atoms. The van der Waals surface area contributed by atoms with E-state index in [1.165, 1.54) is 5.06 Å². The smallest absolute Gasteiger partial charge is 0.277 e. The Morgan fingerprint density at radius 3 is 2.63 bits per heavy atom. The van der Waals surface area contributed by atoms with Gasteiger partial charge in [0.25, 0.3) is 5.91 Å². The van der Waals surface area contributed by atoms with Crippen LogP contribution >= 0.6 is 0 Å². The van der Waals surface area contributed by atoms with E-state index in [-0.39, 0.29) is 12.0 Å². The largest absolute Gasteiger partial charge is 0.374 e. The lowest BCUT2D eigenvalue weighted by molar-refractivity contribution is -0.144. The summed E-state index contributed by atoms with van der Waals surface area (Å²) in [5.41, 5.74) is 1.74. The van der Waals surface area contributed by atoms with Gasteiger partial charge in [-0.15, -0.1) is 0 Å². The van der Waals surface area contributed by atoms with Gasteiger partial charge in [0.15, 0.2) is 0 Å². The van der Waals surface area contributed by atoms with Crippen LogP contribution in [0, 0.1) is 0 Å². The number of carbonyl (C=O) groups excluding carboxylic acids is 1. The first-order chi connectivity index (χ1) is 9.16. The zero-order valence-corrected chi connectivity index (χ0v) is 11.6. The maximum absolute atomic E-state index is 12.1. The second-order valence-corrected chi connectivity index (χ2v) is 5.00.